The minimum absolute atomic E-state index is 0.185. The van der Waals surface area contributed by atoms with Crippen molar-refractivity contribution >= 4 is 45.6 Å². The average molecular weight is 543 g/mol. The van der Waals surface area contributed by atoms with Gasteiger partial charge in [0.1, 0.15) is 5.82 Å². The van der Waals surface area contributed by atoms with Crippen LogP contribution in [0.5, 0.6) is 11.5 Å². The van der Waals surface area contributed by atoms with Crippen LogP contribution in [0.1, 0.15) is 11.4 Å². The number of carbonyl (C=O) groups is 2. The van der Waals surface area contributed by atoms with Gasteiger partial charge in [0.2, 0.25) is 0 Å². The molecule has 1 fully saturated rings. The molecular weight excluding hydrogens is 516 g/mol. The number of aromatic nitrogens is 2. The number of anilines is 1. The van der Waals surface area contributed by atoms with E-state index < -0.39 is 11.1 Å². The Morgan fingerprint density at radius 2 is 1.64 bits per heavy atom. The number of fused-ring (bicyclic) bond motifs is 1. The van der Waals surface area contributed by atoms with E-state index in [0.717, 1.165) is 27.9 Å². The summed E-state index contributed by atoms with van der Waals surface area (Å²) in [6, 6.07) is 19.7. The second-order valence-electron chi connectivity index (χ2n) is 8.98. The van der Waals surface area contributed by atoms with Crippen molar-refractivity contribution in [3.8, 4) is 17.2 Å². The van der Waals surface area contributed by atoms with Crippen molar-refractivity contribution in [1.29, 1.82) is 0 Å². The highest BCUT2D eigenvalue weighted by Crippen LogP contribution is 2.34. The highest BCUT2D eigenvalue weighted by atomic mass is 32.2. The standard InChI is InChI=1S/C29H26N4O5S/c1-31(2)19-11-9-18(10-12-19)15-25-28(35)32(29(36)39-25)17-26-30-22-8-6-5-7-21(22)27(34)33(26)20-13-14-23(37-3)24(16-20)38-4/h5-16H,17H2,1-4H3/b25-15+. The Morgan fingerprint density at radius 1 is 0.923 bits per heavy atom. The summed E-state index contributed by atoms with van der Waals surface area (Å²) < 4.78 is 12.2. The van der Waals surface area contributed by atoms with Gasteiger partial charge in [-0.25, -0.2) is 4.98 Å². The first-order chi connectivity index (χ1) is 18.8. The van der Waals surface area contributed by atoms with Gasteiger partial charge in [-0.15, -0.1) is 0 Å². The number of hydrogen-bond donors (Lipinski definition) is 0. The third kappa shape index (κ3) is 4.98. The molecule has 1 aromatic heterocycles. The molecule has 0 aliphatic carbocycles. The molecule has 1 aliphatic heterocycles. The van der Waals surface area contributed by atoms with E-state index in [1.165, 1.54) is 18.8 Å². The number of rotatable bonds is 7. The summed E-state index contributed by atoms with van der Waals surface area (Å²) in [6.45, 7) is -0.185. The Hall–Kier alpha value is -4.57. The van der Waals surface area contributed by atoms with E-state index in [1.54, 1.807) is 48.5 Å². The number of amides is 2. The van der Waals surface area contributed by atoms with Crippen molar-refractivity contribution in [2.45, 2.75) is 6.54 Å². The molecule has 0 radical (unpaired) electrons. The lowest BCUT2D eigenvalue weighted by Gasteiger charge is -2.18. The van der Waals surface area contributed by atoms with Crippen molar-refractivity contribution in [3.05, 3.63) is 93.4 Å². The molecule has 0 N–H and O–H groups in total. The largest absolute Gasteiger partial charge is 0.493 e. The fourth-order valence-electron chi connectivity index (χ4n) is 4.31. The second-order valence-corrected chi connectivity index (χ2v) is 9.97. The number of para-hydroxylation sites is 1. The van der Waals surface area contributed by atoms with E-state index in [2.05, 4.69) is 4.98 Å². The minimum atomic E-state index is -0.442. The predicted molar refractivity (Wildman–Crippen MR) is 153 cm³/mol. The molecule has 4 aromatic rings. The fourth-order valence-corrected chi connectivity index (χ4v) is 5.15. The normalized spacial score (nSPS) is 14.4. The molecule has 0 bridgehead atoms. The van der Waals surface area contributed by atoms with Crippen molar-refractivity contribution in [2.24, 2.45) is 0 Å². The zero-order valence-electron chi connectivity index (χ0n) is 21.9. The number of nitrogens with zero attached hydrogens (tertiary/aromatic N) is 4. The van der Waals surface area contributed by atoms with E-state index in [9.17, 15) is 14.4 Å². The predicted octanol–water partition coefficient (Wildman–Crippen LogP) is 4.71. The fraction of sp³-hybridized carbons (Fsp3) is 0.172. The van der Waals surface area contributed by atoms with Crippen LogP contribution in [0.15, 0.2) is 76.4 Å². The lowest BCUT2D eigenvalue weighted by molar-refractivity contribution is -0.123. The summed E-state index contributed by atoms with van der Waals surface area (Å²) >= 11 is 0.863. The summed E-state index contributed by atoms with van der Waals surface area (Å²) in [5, 5.41) is -0.0244. The molecule has 0 atom stereocenters. The van der Waals surface area contributed by atoms with Gasteiger partial charge >= 0.3 is 0 Å². The third-order valence-electron chi connectivity index (χ3n) is 6.35. The topological polar surface area (TPSA) is 94.0 Å². The summed E-state index contributed by atoms with van der Waals surface area (Å²) in [5.41, 5.74) is 2.44. The molecule has 1 aliphatic rings. The number of benzene rings is 3. The molecule has 0 unspecified atom stereocenters. The zero-order valence-corrected chi connectivity index (χ0v) is 22.7. The highest BCUT2D eigenvalue weighted by molar-refractivity contribution is 8.18. The molecule has 2 heterocycles. The molecule has 0 saturated carbocycles. The second kappa shape index (κ2) is 10.7. The Balaban J connectivity index is 1.55. The van der Waals surface area contributed by atoms with E-state index in [-0.39, 0.29) is 17.9 Å². The van der Waals surface area contributed by atoms with Gasteiger partial charge in [-0.3, -0.25) is 23.9 Å². The van der Waals surface area contributed by atoms with Crippen LogP contribution in [0, 0.1) is 0 Å². The maximum atomic E-state index is 13.7. The van der Waals surface area contributed by atoms with Gasteiger partial charge in [0.05, 0.1) is 42.3 Å². The molecule has 5 rings (SSSR count). The van der Waals surface area contributed by atoms with Crippen LogP contribution in [-0.2, 0) is 11.3 Å². The van der Waals surface area contributed by atoms with Gasteiger partial charge in [-0.05, 0) is 59.8 Å². The van der Waals surface area contributed by atoms with E-state index in [1.807, 2.05) is 43.3 Å². The summed E-state index contributed by atoms with van der Waals surface area (Å²) in [6.07, 6.45) is 1.69. The Bertz CT molecular complexity index is 1680. The van der Waals surface area contributed by atoms with Crippen LogP contribution >= 0.6 is 11.8 Å². The molecule has 2 amide bonds. The highest BCUT2D eigenvalue weighted by Gasteiger charge is 2.36. The van der Waals surface area contributed by atoms with Crippen LogP contribution in [0.4, 0.5) is 10.5 Å². The van der Waals surface area contributed by atoms with Crippen molar-refractivity contribution in [1.82, 2.24) is 14.5 Å². The monoisotopic (exact) mass is 542 g/mol. The lowest BCUT2D eigenvalue weighted by Crippen LogP contribution is -2.32. The van der Waals surface area contributed by atoms with E-state index in [0.29, 0.717) is 33.0 Å². The van der Waals surface area contributed by atoms with Gasteiger partial charge in [0.25, 0.3) is 16.7 Å². The van der Waals surface area contributed by atoms with Crippen LogP contribution in [-0.4, -0.2) is 53.9 Å². The van der Waals surface area contributed by atoms with Gasteiger partial charge < -0.3 is 14.4 Å². The number of hydrogen-bond acceptors (Lipinski definition) is 8. The summed E-state index contributed by atoms with van der Waals surface area (Å²) in [5.74, 6) is 0.724. The average Bonchev–Trinajstić information content (AvgIpc) is 3.20. The molecule has 10 heteroatoms. The maximum absolute atomic E-state index is 13.7. The first kappa shape index (κ1) is 26.1. The van der Waals surface area contributed by atoms with Crippen molar-refractivity contribution in [3.63, 3.8) is 0 Å². The van der Waals surface area contributed by atoms with Crippen molar-refractivity contribution < 1.29 is 19.1 Å². The molecule has 3 aromatic carbocycles. The first-order valence-electron chi connectivity index (χ1n) is 12.1. The van der Waals surface area contributed by atoms with Gasteiger partial charge in [0.15, 0.2) is 11.5 Å². The molecular formula is C29H26N4O5S. The van der Waals surface area contributed by atoms with E-state index in [4.69, 9.17) is 9.47 Å². The SMILES string of the molecule is COc1ccc(-n2c(CN3C(=O)S/C(=C/c4ccc(N(C)C)cc4)C3=O)nc3ccccc3c2=O)cc1OC. The van der Waals surface area contributed by atoms with Gasteiger partial charge in [-0.2, -0.15) is 0 Å². The quantitative estimate of drug-likeness (QED) is 0.310. The van der Waals surface area contributed by atoms with Crippen LogP contribution in [0.25, 0.3) is 22.7 Å². The van der Waals surface area contributed by atoms with E-state index >= 15 is 0 Å². The third-order valence-corrected chi connectivity index (χ3v) is 7.26. The van der Waals surface area contributed by atoms with Gasteiger partial charge in [0, 0.05) is 25.8 Å². The van der Waals surface area contributed by atoms with Crippen LogP contribution in [0.2, 0.25) is 0 Å². The lowest BCUT2D eigenvalue weighted by atomic mass is 10.2. The molecule has 198 valence electrons. The number of carbonyl (C=O) groups excluding carboxylic acids is 2. The number of ether oxygens (including phenoxy) is 2. The first-order valence-corrected chi connectivity index (χ1v) is 12.9. The Kier molecular flexibility index (Phi) is 7.12. The molecule has 9 nitrogen and oxygen atoms in total. The number of methoxy groups -OCH3 is 2. The minimum Gasteiger partial charge on any atom is -0.493 e. The summed E-state index contributed by atoms with van der Waals surface area (Å²) in [4.78, 5) is 48.1. The van der Waals surface area contributed by atoms with Crippen LogP contribution in [0.3, 0.4) is 0 Å². The smallest absolute Gasteiger partial charge is 0.293 e. The number of imide groups is 1. The molecule has 1 saturated heterocycles. The Labute approximate surface area is 229 Å². The Morgan fingerprint density at radius 3 is 2.33 bits per heavy atom. The molecule has 0 spiro atoms. The van der Waals surface area contributed by atoms with Crippen molar-refractivity contribution in [2.75, 3.05) is 33.2 Å². The summed E-state index contributed by atoms with van der Waals surface area (Å²) in [7, 11) is 6.92. The number of thioether (sulfide) groups is 1. The van der Waals surface area contributed by atoms with Gasteiger partial charge in [-0.1, -0.05) is 24.3 Å². The molecule has 39 heavy (non-hydrogen) atoms. The van der Waals surface area contributed by atoms with Crippen LogP contribution < -0.4 is 19.9 Å². The zero-order chi connectivity index (χ0) is 27.7. The maximum Gasteiger partial charge on any atom is 0.293 e.